The zero-order valence-electron chi connectivity index (χ0n) is 12.1. The zero-order valence-corrected chi connectivity index (χ0v) is 12.1. The van der Waals surface area contributed by atoms with E-state index in [4.69, 9.17) is 14.9 Å². The molecule has 0 aliphatic heterocycles. The van der Waals surface area contributed by atoms with Gasteiger partial charge < -0.3 is 14.9 Å². The second kappa shape index (κ2) is 6.13. The van der Waals surface area contributed by atoms with Crippen molar-refractivity contribution in [2.45, 2.75) is 0 Å². The number of benzene rings is 2. The Morgan fingerprint density at radius 1 is 0.955 bits per heavy atom. The Morgan fingerprint density at radius 3 is 2.36 bits per heavy atom. The van der Waals surface area contributed by atoms with Crippen molar-refractivity contribution >= 4 is 17.8 Å². The van der Waals surface area contributed by atoms with E-state index in [1.54, 1.807) is 25.3 Å². The third kappa shape index (κ3) is 3.15. The number of nitrogens with two attached hydrogens (primary N) is 1. The van der Waals surface area contributed by atoms with Gasteiger partial charge in [0.25, 0.3) is 0 Å². The van der Waals surface area contributed by atoms with E-state index in [1.807, 2.05) is 42.5 Å². The molecule has 0 unspecified atom stereocenters. The zero-order chi connectivity index (χ0) is 15.4. The van der Waals surface area contributed by atoms with E-state index in [9.17, 15) is 0 Å². The fraction of sp³-hybridized carbons (Fsp3) is 0.0588. The minimum Gasteiger partial charge on any atom is -0.497 e. The molecular formula is C17H15N3O2. The van der Waals surface area contributed by atoms with Gasteiger partial charge in [-0.05, 0) is 48.0 Å². The molecule has 0 amide bonds. The van der Waals surface area contributed by atoms with Crippen LogP contribution in [0.3, 0.4) is 0 Å². The summed E-state index contributed by atoms with van der Waals surface area (Å²) >= 11 is 0. The van der Waals surface area contributed by atoms with Crippen LogP contribution in [0.5, 0.6) is 5.75 Å². The molecule has 0 saturated carbocycles. The summed E-state index contributed by atoms with van der Waals surface area (Å²) in [5.74, 6) is 1.73. The summed E-state index contributed by atoms with van der Waals surface area (Å²) in [5, 5.41) is 8.03. The Balaban J connectivity index is 1.75. The highest BCUT2D eigenvalue weighted by atomic mass is 16.5. The highest BCUT2D eigenvalue weighted by Gasteiger charge is 2.06. The van der Waals surface area contributed by atoms with E-state index in [0.717, 1.165) is 16.9 Å². The van der Waals surface area contributed by atoms with E-state index in [2.05, 4.69) is 10.2 Å². The van der Waals surface area contributed by atoms with Gasteiger partial charge in [-0.3, -0.25) is 0 Å². The fourth-order valence-electron chi connectivity index (χ4n) is 1.93. The monoisotopic (exact) mass is 293 g/mol. The number of rotatable bonds is 4. The van der Waals surface area contributed by atoms with E-state index in [0.29, 0.717) is 17.5 Å². The Labute approximate surface area is 128 Å². The van der Waals surface area contributed by atoms with Crippen LogP contribution in [-0.4, -0.2) is 17.3 Å². The molecule has 1 heterocycles. The van der Waals surface area contributed by atoms with Crippen molar-refractivity contribution in [1.82, 2.24) is 10.2 Å². The summed E-state index contributed by atoms with van der Waals surface area (Å²) in [6, 6.07) is 15.0. The van der Waals surface area contributed by atoms with E-state index in [-0.39, 0.29) is 0 Å². The van der Waals surface area contributed by atoms with Crippen molar-refractivity contribution in [3.8, 4) is 17.2 Å². The minimum absolute atomic E-state index is 0.447. The van der Waals surface area contributed by atoms with Crippen molar-refractivity contribution in [2.24, 2.45) is 0 Å². The highest BCUT2D eigenvalue weighted by molar-refractivity contribution is 5.67. The molecular weight excluding hydrogens is 278 g/mol. The number of hydrogen-bond donors (Lipinski definition) is 1. The maximum Gasteiger partial charge on any atom is 0.248 e. The second-order valence-corrected chi connectivity index (χ2v) is 4.67. The molecule has 2 N–H and O–H groups in total. The summed E-state index contributed by atoms with van der Waals surface area (Å²) in [6.45, 7) is 0. The van der Waals surface area contributed by atoms with Gasteiger partial charge in [0.15, 0.2) is 0 Å². The van der Waals surface area contributed by atoms with Gasteiger partial charge in [-0.1, -0.05) is 12.1 Å². The normalized spacial score (nSPS) is 11.0. The number of aromatic nitrogens is 2. The molecule has 3 rings (SSSR count). The maximum atomic E-state index is 5.66. The van der Waals surface area contributed by atoms with Crippen LogP contribution >= 0.6 is 0 Å². The lowest BCUT2D eigenvalue weighted by molar-refractivity contribution is 0.415. The molecule has 1 aromatic heterocycles. The molecule has 0 aliphatic carbocycles. The van der Waals surface area contributed by atoms with Crippen LogP contribution in [0.2, 0.25) is 0 Å². The van der Waals surface area contributed by atoms with Crippen molar-refractivity contribution < 1.29 is 9.15 Å². The second-order valence-electron chi connectivity index (χ2n) is 4.67. The van der Waals surface area contributed by atoms with Gasteiger partial charge in [0.2, 0.25) is 11.8 Å². The summed E-state index contributed by atoms with van der Waals surface area (Å²) in [7, 11) is 1.64. The third-order valence-corrected chi connectivity index (χ3v) is 3.13. The molecule has 0 spiro atoms. The van der Waals surface area contributed by atoms with Crippen molar-refractivity contribution in [3.05, 3.63) is 60.0 Å². The van der Waals surface area contributed by atoms with Gasteiger partial charge in [-0.25, -0.2) is 0 Å². The molecule has 0 fully saturated rings. The lowest BCUT2D eigenvalue weighted by Crippen LogP contribution is -1.83. The smallest absolute Gasteiger partial charge is 0.248 e. The summed E-state index contributed by atoms with van der Waals surface area (Å²) in [5.41, 5.74) is 8.21. The molecule has 110 valence electrons. The van der Waals surface area contributed by atoms with Crippen molar-refractivity contribution in [3.63, 3.8) is 0 Å². The summed E-state index contributed by atoms with van der Waals surface area (Å²) in [4.78, 5) is 0. The van der Waals surface area contributed by atoms with Crippen LogP contribution in [0.4, 0.5) is 5.69 Å². The number of ether oxygens (including phenoxy) is 1. The maximum absolute atomic E-state index is 5.66. The van der Waals surface area contributed by atoms with Gasteiger partial charge in [-0.15, -0.1) is 10.2 Å². The molecule has 0 atom stereocenters. The average Bonchev–Trinajstić information content (AvgIpc) is 3.03. The molecule has 5 nitrogen and oxygen atoms in total. The largest absolute Gasteiger partial charge is 0.497 e. The topological polar surface area (TPSA) is 74.2 Å². The lowest BCUT2D eigenvalue weighted by Gasteiger charge is -1.98. The minimum atomic E-state index is 0.447. The Hall–Kier alpha value is -3.08. The molecule has 0 bridgehead atoms. The van der Waals surface area contributed by atoms with Crippen molar-refractivity contribution in [2.75, 3.05) is 12.8 Å². The van der Waals surface area contributed by atoms with Gasteiger partial charge in [0.05, 0.1) is 7.11 Å². The quantitative estimate of drug-likeness (QED) is 0.745. The molecule has 3 aromatic rings. The van der Waals surface area contributed by atoms with Gasteiger partial charge in [0.1, 0.15) is 5.75 Å². The Morgan fingerprint density at radius 2 is 1.68 bits per heavy atom. The van der Waals surface area contributed by atoms with E-state index < -0.39 is 0 Å². The molecule has 0 saturated heterocycles. The van der Waals surface area contributed by atoms with Crippen molar-refractivity contribution in [1.29, 1.82) is 0 Å². The number of nitrogen functional groups attached to an aromatic ring is 1. The molecule has 22 heavy (non-hydrogen) atoms. The van der Waals surface area contributed by atoms with Crippen LogP contribution in [0, 0.1) is 0 Å². The standard InChI is InChI=1S/C17H15N3O2/c1-21-15-9-2-12(3-10-15)4-11-16-19-20-17(22-16)13-5-7-14(18)8-6-13/h2-11H,18H2,1H3. The first-order valence-electron chi connectivity index (χ1n) is 6.76. The number of methoxy groups -OCH3 is 1. The summed E-state index contributed by atoms with van der Waals surface area (Å²) in [6.07, 6.45) is 3.68. The third-order valence-electron chi connectivity index (χ3n) is 3.13. The average molecular weight is 293 g/mol. The lowest BCUT2D eigenvalue weighted by atomic mass is 10.2. The van der Waals surface area contributed by atoms with E-state index >= 15 is 0 Å². The fourth-order valence-corrected chi connectivity index (χ4v) is 1.93. The summed E-state index contributed by atoms with van der Waals surface area (Å²) < 4.78 is 10.7. The van der Waals surface area contributed by atoms with Crippen LogP contribution < -0.4 is 10.5 Å². The predicted octanol–water partition coefficient (Wildman–Crippen LogP) is 3.50. The SMILES string of the molecule is COc1ccc(C=Cc2nnc(-c3ccc(N)cc3)o2)cc1. The van der Waals surface area contributed by atoms with Gasteiger partial charge in [0, 0.05) is 17.3 Å². The number of nitrogens with zero attached hydrogens (tertiary/aromatic N) is 2. The number of anilines is 1. The number of hydrogen-bond acceptors (Lipinski definition) is 5. The van der Waals surface area contributed by atoms with Crippen LogP contribution in [0.25, 0.3) is 23.6 Å². The molecule has 0 aliphatic rings. The van der Waals surface area contributed by atoms with Gasteiger partial charge >= 0.3 is 0 Å². The molecule has 0 radical (unpaired) electrons. The first-order valence-corrected chi connectivity index (χ1v) is 6.76. The van der Waals surface area contributed by atoms with E-state index in [1.165, 1.54) is 0 Å². The predicted molar refractivity (Wildman–Crippen MR) is 86.1 cm³/mol. The Kier molecular flexibility index (Phi) is 3.87. The van der Waals surface area contributed by atoms with Crippen LogP contribution in [0.1, 0.15) is 11.5 Å². The molecule has 5 heteroatoms. The van der Waals surface area contributed by atoms with Crippen LogP contribution in [0.15, 0.2) is 52.9 Å². The first kappa shape index (κ1) is 13.9. The highest BCUT2D eigenvalue weighted by Crippen LogP contribution is 2.20. The first-order chi connectivity index (χ1) is 10.7. The Bertz CT molecular complexity index is 774. The van der Waals surface area contributed by atoms with Gasteiger partial charge in [-0.2, -0.15) is 0 Å². The molecule has 2 aromatic carbocycles. The van der Waals surface area contributed by atoms with Crippen LogP contribution in [-0.2, 0) is 0 Å².